The highest BCUT2D eigenvalue weighted by atomic mass is 16.4. The highest BCUT2D eigenvalue weighted by molar-refractivity contribution is 5.87. The maximum absolute atomic E-state index is 12.3. The van der Waals surface area contributed by atoms with Crippen molar-refractivity contribution < 1.29 is 14.0 Å². The van der Waals surface area contributed by atoms with Crippen molar-refractivity contribution >= 4 is 22.9 Å². The molecule has 1 N–H and O–H groups in total. The Morgan fingerprint density at radius 2 is 1.96 bits per heavy atom. The number of para-hydroxylation sites is 2. The van der Waals surface area contributed by atoms with E-state index in [2.05, 4.69) is 5.32 Å². The molecule has 1 aliphatic heterocycles. The predicted octanol–water partition coefficient (Wildman–Crippen LogP) is 0.894. The molecule has 1 unspecified atom stereocenters. The number of hydrogen-bond donors (Lipinski definition) is 1. The monoisotopic (exact) mass is 317 g/mol. The van der Waals surface area contributed by atoms with Crippen molar-refractivity contribution in [1.29, 1.82) is 0 Å². The van der Waals surface area contributed by atoms with E-state index in [0.717, 1.165) is 25.9 Å². The molecule has 23 heavy (non-hydrogen) atoms. The predicted molar refractivity (Wildman–Crippen MR) is 84.0 cm³/mol. The molecule has 0 spiro atoms. The average molecular weight is 317 g/mol. The van der Waals surface area contributed by atoms with E-state index < -0.39 is 11.8 Å². The minimum atomic E-state index is -0.752. The number of fused-ring (bicyclic) bond motifs is 1. The van der Waals surface area contributed by atoms with Gasteiger partial charge in [-0.3, -0.25) is 14.2 Å². The molecule has 1 aromatic heterocycles. The van der Waals surface area contributed by atoms with Crippen LogP contribution in [-0.2, 0) is 9.59 Å². The highest BCUT2D eigenvalue weighted by Gasteiger charge is 2.23. The summed E-state index contributed by atoms with van der Waals surface area (Å²) in [6.07, 6.45) is 2.01. The fraction of sp³-hybridized carbons (Fsp3) is 0.438. The maximum atomic E-state index is 12.3. The molecule has 7 heteroatoms. The first-order chi connectivity index (χ1) is 11.1. The number of amides is 2. The zero-order valence-corrected chi connectivity index (χ0v) is 12.9. The van der Waals surface area contributed by atoms with Crippen molar-refractivity contribution in [3.63, 3.8) is 0 Å². The Bertz CT molecular complexity index is 786. The van der Waals surface area contributed by atoms with Crippen molar-refractivity contribution in [2.24, 2.45) is 0 Å². The van der Waals surface area contributed by atoms with Gasteiger partial charge in [-0.05, 0) is 31.9 Å². The lowest BCUT2D eigenvalue weighted by Crippen LogP contribution is -2.41. The maximum Gasteiger partial charge on any atom is 0.420 e. The van der Waals surface area contributed by atoms with Crippen molar-refractivity contribution in [2.45, 2.75) is 25.8 Å². The molecule has 2 aromatic rings. The van der Waals surface area contributed by atoms with Gasteiger partial charge in [-0.15, -0.1) is 0 Å². The van der Waals surface area contributed by atoms with Crippen LogP contribution in [0.3, 0.4) is 0 Å². The van der Waals surface area contributed by atoms with E-state index >= 15 is 0 Å². The Balaban J connectivity index is 1.70. The number of nitrogens with one attached hydrogen (secondary N) is 1. The lowest BCUT2D eigenvalue weighted by atomic mass is 10.2. The molecule has 1 fully saturated rings. The van der Waals surface area contributed by atoms with E-state index in [0.29, 0.717) is 11.1 Å². The molecule has 1 aromatic carbocycles. The summed E-state index contributed by atoms with van der Waals surface area (Å²) in [5, 5.41) is 2.61. The average Bonchev–Trinajstić information content (AvgIpc) is 3.18. The molecule has 1 atom stereocenters. The summed E-state index contributed by atoms with van der Waals surface area (Å²) in [6, 6.07) is 6.18. The number of hydrogen-bond acceptors (Lipinski definition) is 4. The molecule has 0 saturated carbocycles. The lowest BCUT2D eigenvalue weighted by Gasteiger charge is -2.17. The second-order valence-electron chi connectivity index (χ2n) is 5.69. The van der Waals surface area contributed by atoms with Crippen molar-refractivity contribution in [1.82, 2.24) is 14.8 Å². The number of aromatic nitrogens is 1. The third kappa shape index (κ3) is 2.99. The quantitative estimate of drug-likeness (QED) is 0.908. The topological polar surface area (TPSA) is 84.5 Å². The first kappa shape index (κ1) is 15.3. The van der Waals surface area contributed by atoms with Gasteiger partial charge in [0.25, 0.3) is 0 Å². The van der Waals surface area contributed by atoms with Gasteiger partial charge >= 0.3 is 5.76 Å². The van der Waals surface area contributed by atoms with Gasteiger partial charge in [0.1, 0.15) is 6.04 Å². The molecule has 0 aliphatic carbocycles. The van der Waals surface area contributed by atoms with Crippen LogP contribution >= 0.6 is 0 Å². The minimum absolute atomic E-state index is 0.0479. The van der Waals surface area contributed by atoms with Gasteiger partial charge in [-0.2, -0.15) is 0 Å². The number of carbonyl (C=O) groups excluding carboxylic acids is 2. The minimum Gasteiger partial charge on any atom is -0.408 e. The van der Waals surface area contributed by atoms with Crippen LogP contribution < -0.4 is 11.1 Å². The van der Waals surface area contributed by atoms with Crippen LogP contribution in [-0.4, -0.2) is 40.9 Å². The number of benzene rings is 1. The largest absolute Gasteiger partial charge is 0.420 e. The molecular weight excluding hydrogens is 298 g/mol. The zero-order chi connectivity index (χ0) is 16.4. The van der Waals surface area contributed by atoms with Crippen LogP contribution in [0.15, 0.2) is 33.5 Å². The summed E-state index contributed by atoms with van der Waals surface area (Å²) >= 11 is 0. The molecule has 3 rings (SSSR count). The van der Waals surface area contributed by atoms with Gasteiger partial charge in [0, 0.05) is 13.1 Å². The summed E-state index contributed by atoms with van der Waals surface area (Å²) in [4.78, 5) is 37.9. The Labute approximate surface area is 132 Å². The van der Waals surface area contributed by atoms with E-state index in [-0.39, 0.29) is 18.4 Å². The molecule has 1 aliphatic rings. The second-order valence-corrected chi connectivity index (χ2v) is 5.69. The van der Waals surface area contributed by atoms with Crippen LogP contribution in [0, 0.1) is 0 Å². The van der Waals surface area contributed by atoms with E-state index in [9.17, 15) is 14.4 Å². The SMILES string of the molecule is CC(C(=O)NCC(=O)N1CCCC1)n1c(=O)oc2ccccc21. The number of likely N-dealkylation sites (tertiary alicyclic amines) is 1. The van der Waals surface area contributed by atoms with Crippen molar-refractivity contribution in [3.05, 3.63) is 34.8 Å². The first-order valence-electron chi connectivity index (χ1n) is 7.73. The number of nitrogens with zero attached hydrogens (tertiary/aromatic N) is 2. The van der Waals surface area contributed by atoms with Gasteiger partial charge in [0.2, 0.25) is 11.8 Å². The number of oxazole rings is 1. The fourth-order valence-electron chi connectivity index (χ4n) is 2.86. The summed E-state index contributed by atoms with van der Waals surface area (Å²) < 4.78 is 6.43. The molecule has 2 amide bonds. The fourth-order valence-corrected chi connectivity index (χ4v) is 2.86. The van der Waals surface area contributed by atoms with E-state index in [1.54, 1.807) is 36.1 Å². The molecule has 0 radical (unpaired) electrons. The van der Waals surface area contributed by atoms with Crippen LogP contribution in [0.4, 0.5) is 0 Å². The number of rotatable bonds is 4. The van der Waals surface area contributed by atoms with Crippen molar-refractivity contribution in [3.8, 4) is 0 Å². The van der Waals surface area contributed by atoms with Crippen molar-refractivity contribution in [2.75, 3.05) is 19.6 Å². The Kier molecular flexibility index (Phi) is 4.18. The van der Waals surface area contributed by atoms with E-state index in [4.69, 9.17) is 4.42 Å². The van der Waals surface area contributed by atoms with Crippen LogP contribution in [0.1, 0.15) is 25.8 Å². The third-order valence-electron chi connectivity index (χ3n) is 4.16. The van der Waals surface area contributed by atoms with Gasteiger partial charge in [0.05, 0.1) is 12.1 Å². The van der Waals surface area contributed by atoms with Crippen LogP contribution in [0.2, 0.25) is 0 Å². The standard InChI is InChI=1S/C16H19N3O4/c1-11(15(21)17-10-14(20)18-8-4-5-9-18)19-12-6-2-3-7-13(12)23-16(19)22/h2-3,6-7,11H,4-5,8-10H2,1H3,(H,17,21). The molecule has 122 valence electrons. The van der Waals surface area contributed by atoms with E-state index in [1.165, 1.54) is 4.57 Å². The number of carbonyl (C=O) groups is 2. The zero-order valence-electron chi connectivity index (χ0n) is 12.9. The molecule has 0 bridgehead atoms. The molecule has 1 saturated heterocycles. The second kappa shape index (κ2) is 6.28. The normalized spacial score (nSPS) is 15.8. The lowest BCUT2D eigenvalue weighted by molar-refractivity contribution is -0.132. The third-order valence-corrected chi connectivity index (χ3v) is 4.16. The van der Waals surface area contributed by atoms with Gasteiger partial charge < -0.3 is 14.6 Å². The molecule has 2 heterocycles. The summed E-state index contributed by atoms with van der Waals surface area (Å²) in [5.41, 5.74) is 0.997. The van der Waals surface area contributed by atoms with Crippen LogP contribution in [0.25, 0.3) is 11.1 Å². The Morgan fingerprint density at radius 3 is 2.70 bits per heavy atom. The molecule has 7 nitrogen and oxygen atoms in total. The summed E-state index contributed by atoms with van der Waals surface area (Å²) in [5.74, 6) is -1.06. The summed E-state index contributed by atoms with van der Waals surface area (Å²) in [6.45, 7) is 3.05. The highest BCUT2D eigenvalue weighted by Crippen LogP contribution is 2.16. The molecular formula is C16H19N3O4. The smallest absolute Gasteiger partial charge is 0.408 e. The van der Waals surface area contributed by atoms with Gasteiger partial charge in [-0.25, -0.2) is 4.79 Å². The van der Waals surface area contributed by atoms with Gasteiger partial charge in [0.15, 0.2) is 5.58 Å². The Hall–Kier alpha value is -2.57. The van der Waals surface area contributed by atoms with Gasteiger partial charge in [-0.1, -0.05) is 12.1 Å². The van der Waals surface area contributed by atoms with E-state index in [1.807, 2.05) is 0 Å². The van der Waals surface area contributed by atoms with Crippen LogP contribution in [0.5, 0.6) is 0 Å². The Morgan fingerprint density at radius 1 is 1.26 bits per heavy atom. The summed E-state index contributed by atoms with van der Waals surface area (Å²) in [7, 11) is 0. The first-order valence-corrected chi connectivity index (χ1v) is 7.73.